The molecule has 0 saturated carbocycles. The lowest BCUT2D eigenvalue weighted by molar-refractivity contribution is -0.137. The first-order chi connectivity index (χ1) is 13.6. The summed E-state index contributed by atoms with van der Waals surface area (Å²) in [5.74, 6) is 2.26. The minimum absolute atomic E-state index is 0.0859. The second-order valence-electron chi connectivity index (χ2n) is 7.27. The van der Waals surface area contributed by atoms with Gasteiger partial charge >= 0.3 is 6.18 Å². The summed E-state index contributed by atoms with van der Waals surface area (Å²) >= 11 is 0. The number of piperazine rings is 1. The van der Waals surface area contributed by atoms with Gasteiger partial charge in [-0.2, -0.15) is 13.2 Å². The number of alkyl halides is 3. The molecule has 2 aromatic rings. The Morgan fingerprint density at radius 1 is 1.07 bits per heavy atom. The van der Waals surface area contributed by atoms with Gasteiger partial charge in [0.05, 0.1) is 12.0 Å². The van der Waals surface area contributed by atoms with Crippen LogP contribution in [0.4, 0.5) is 24.8 Å². The topological polar surface area (TPSA) is 52.6 Å². The molecular weight excluding hydrogens is 383 g/mol. The third-order valence-electron chi connectivity index (χ3n) is 4.86. The van der Waals surface area contributed by atoms with E-state index in [0.717, 1.165) is 23.8 Å². The van der Waals surface area contributed by atoms with Crippen molar-refractivity contribution >= 4 is 17.5 Å². The number of halogens is 3. The van der Waals surface area contributed by atoms with Gasteiger partial charge in [0.2, 0.25) is 5.91 Å². The van der Waals surface area contributed by atoms with Gasteiger partial charge in [0.25, 0.3) is 0 Å². The number of nitrogens with zero attached hydrogens (tertiary/aromatic N) is 5. The van der Waals surface area contributed by atoms with Crippen LogP contribution in [-0.2, 0) is 17.4 Å². The zero-order valence-corrected chi connectivity index (χ0v) is 16.7. The number of hydrogen-bond acceptors (Lipinski definition) is 5. The Kier molecular flexibility index (Phi) is 5.95. The van der Waals surface area contributed by atoms with E-state index >= 15 is 0 Å². The summed E-state index contributed by atoms with van der Waals surface area (Å²) in [5, 5.41) is 0. The number of carbonyl (C=O) groups is 1. The molecule has 1 aliphatic rings. The molecule has 1 aromatic heterocycles. The van der Waals surface area contributed by atoms with Crippen molar-refractivity contribution in [2.75, 3.05) is 50.1 Å². The Balaban J connectivity index is 1.58. The van der Waals surface area contributed by atoms with Crippen molar-refractivity contribution < 1.29 is 18.0 Å². The quantitative estimate of drug-likeness (QED) is 0.780. The fourth-order valence-corrected chi connectivity index (χ4v) is 3.21. The average Bonchev–Trinajstić information content (AvgIpc) is 2.67. The van der Waals surface area contributed by atoms with Gasteiger partial charge in [0.15, 0.2) is 0 Å². The van der Waals surface area contributed by atoms with Gasteiger partial charge in [-0.05, 0) is 24.6 Å². The molecule has 0 aliphatic carbocycles. The van der Waals surface area contributed by atoms with E-state index in [2.05, 4.69) is 14.9 Å². The zero-order chi connectivity index (χ0) is 21.2. The van der Waals surface area contributed by atoms with Gasteiger partial charge < -0.3 is 14.7 Å². The Bertz CT molecular complexity index is 859. The molecule has 29 heavy (non-hydrogen) atoms. The second-order valence-corrected chi connectivity index (χ2v) is 7.27. The Hall–Kier alpha value is -2.84. The van der Waals surface area contributed by atoms with Gasteiger partial charge in [0, 0.05) is 46.3 Å². The molecule has 0 radical (unpaired) electrons. The zero-order valence-electron chi connectivity index (χ0n) is 16.7. The highest BCUT2D eigenvalue weighted by atomic mass is 19.4. The Morgan fingerprint density at radius 2 is 1.69 bits per heavy atom. The highest BCUT2D eigenvalue weighted by Gasteiger charge is 2.30. The van der Waals surface area contributed by atoms with Crippen molar-refractivity contribution in [1.29, 1.82) is 0 Å². The molecule has 6 nitrogen and oxygen atoms in total. The second kappa shape index (κ2) is 8.26. The van der Waals surface area contributed by atoms with Crippen molar-refractivity contribution in [2.24, 2.45) is 0 Å². The maximum atomic E-state index is 12.7. The van der Waals surface area contributed by atoms with Crippen LogP contribution >= 0.6 is 0 Å². The van der Waals surface area contributed by atoms with Crippen molar-refractivity contribution in [3.63, 3.8) is 0 Å². The number of aromatic nitrogens is 2. The molecule has 0 N–H and O–H groups in total. The van der Waals surface area contributed by atoms with E-state index in [1.165, 1.54) is 12.1 Å². The molecular formula is C20H24F3N5O. The number of hydrogen-bond donors (Lipinski definition) is 0. The molecule has 1 fully saturated rings. The summed E-state index contributed by atoms with van der Waals surface area (Å²) in [7, 11) is 3.84. The number of amides is 1. The maximum Gasteiger partial charge on any atom is 0.416 e. The van der Waals surface area contributed by atoms with Crippen LogP contribution < -0.4 is 9.80 Å². The highest BCUT2D eigenvalue weighted by molar-refractivity contribution is 5.79. The summed E-state index contributed by atoms with van der Waals surface area (Å²) in [6.45, 7) is 4.21. The van der Waals surface area contributed by atoms with Crippen LogP contribution in [0.15, 0.2) is 30.3 Å². The summed E-state index contributed by atoms with van der Waals surface area (Å²) in [6.07, 6.45) is -4.28. The van der Waals surface area contributed by atoms with E-state index < -0.39 is 11.7 Å². The third-order valence-corrected chi connectivity index (χ3v) is 4.86. The fraction of sp³-hybridized carbons (Fsp3) is 0.450. The number of benzene rings is 1. The lowest BCUT2D eigenvalue weighted by atomic mass is 10.1. The van der Waals surface area contributed by atoms with Gasteiger partial charge in [-0.1, -0.05) is 12.1 Å². The van der Waals surface area contributed by atoms with Gasteiger partial charge in [-0.3, -0.25) is 4.79 Å². The first-order valence-electron chi connectivity index (χ1n) is 9.35. The molecule has 0 unspecified atom stereocenters. The minimum atomic E-state index is -4.37. The van der Waals surface area contributed by atoms with E-state index in [-0.39, 0.29) is 12.3 Å². The van der Waals surface area contributed by atoms with E-state index in [9.17, 15) is 18.0 Å². The lowest BCUT2D eigenvalue weighted by Crippen LogP contribution is -2.49. The predicted octanol–water partition coefficient (Wildman–Crippen LogP) is 2.76. The molecule has 3 rings (SSSR count). The van der Waals surface area contributed by atoms with Crippen LogP contribution in [0.1, 0.15) is 17.0 Å². The van der Waals surface area contributed by atoms with Gasteiger partial charge in [0.1, 0.15) is 17.5 Å². The van der Waals surface area contributed by atoms with Gasteiger partial charge in [-0.15, -0.1) is 0 Å². The number of carbonyl (C=O) groups excluding carboxylic acids is 1. The Labute approximate surface area is 168 Å². The predicted molar refractivity (Wildman–Crippen MR) is 105 cm³/mol. The SMILES string of the molecule is Cc1nc(N(C)C)cc(N2CCN(C(=O)Cc3ccc(C(F)(F)F)cc3)CC2)n1. The normalized spacial score (nSPS) is 14.8. The van der Waals surface area contributed by atoms with E-state index in [4.69, 9.17) is 0 Å². The molecule has 2 heterocycles. The smallest absolute Gasteiger partial charge is 0.363 e. The number of aryl methyl sites for hydroxylation is 1. The first-order valence-corrected chi connectivity index (χ1v) is 9.35. The largest absolute Gasteiger partial charge is 0.416 e. The van der Waals surface area contributed by atoms with Gasteiger partial charge in [-0.25, -0.2) is 9.97 Å². The van der Waals surface area contributed by atoms with Crippen molar-refractivity contribution in [3.8, 4) is 0 Å². The molecule has 1 aromatic carbocycles. The third kappa shape index (κ3) is 5.16. The van der Waals surface area contributed by atoms with Crippen LogP contribution in [-0.4, -0.2) is 61.0 Å². The molecule has 1 aliphatic heterocycles. The van der Waals surface area contributed by atoms with E-state index in [1.54, 1.807) is 4.90 Å². The van der Waals surface area contributed by atoms with E-state index in [0.29, 0.717) is 37.6 Å². The van der Waals surface area contributed by atoms with Crippen LogP contribution in [0.25, 0.3) is 0 Å². The summed E-state index contributed by atoms with van der Waals surface area (Å²) in [4.78, 5) is 27.2. The Morgan fingerprint density at radius 3 is 2.24 bits per heavy atom. The molecule has 9 heteroatoms. The monoisotopic (exact) mass is 407 g/mol. The molecule has 1 saturated heterocycles. The highest BCUT2D eigenvalue weighted by Crippen LogP contribution is 2.29. The summed E-state index contributed by atoms with van der Waals surface area (Å²) < 4.78 is 38.0. The first kappa shape index (κ1) is 20.9. The summed E-state index contributed by atoms with van der Waals surface area (Å²) in [6, 6.07) is 6.68. The molecule has 156 valence electrons. The standard InChI is InChI=1S/C20H24F3N5O/c1-14-24-17(26(2)3)13-18(25-14)27-8-10-28(11-9-27)19(29)12-15-4-6-16(7-5-15)20(21,22)23/h4-7,13H,8-12H2,1-3H3. The number of rotatable bonds is 4. The van der Waals surface area contributed by atoms with E-state index in [1.807, 2.05) is 32.0 Å². The van der Waals surface area contributed by atoms with Crippen LogP contribution in [0.3, 0.4) is 0 Å². The molecule has 0 spiro atoms. The van der Waals surface area contributed by atoms with Crippen LogP contribution in [0.5, 0.6) is 0 Å². The van der Waals surface area contributed by atoms with Crippen LogP contribution in [0.2, 0.25) is 0 Å². The molecule has 1 amide bonds. The van der Waals surface area contributed by atoms with Crippen molar-refractivity contribution in [1.82, 2.24) is 14.9 Å². The minimum Gasteiger partial charge on any atom is -0.363 e. The maximum absolute atomic E-state index is 12.7. The summed E-state index contributed by atoms with van der Waals surface area (Å²) in [5.41, 5.74) is -0.132. The molecule has 0 atom stereocenters. The van der Waals surface area contributed by atoms with Crippen LogP contribution in [0, 0.1) is 6.92 Å². The van der Waals surface area contributed by atoms with Crippen molar-refractivity contribution in [3.05, 3.63) is 47.3 Å². The number of anilines is 2. The average molecular weight is 407 g/mol. The lowest BCUT2D eigenvalue weighted by Gasteiger charge is -2.35. The van der Waals surface area contributed by atoms with Crippen molar-refractivity contribution in [2.45, 2.75) is 19.5 Å². The molecule has 0 bridgehead atoms. The fourth-order valence-electron chi connectivity index (χ4n) is 3.21.